The Balaban J connectivity index is 1.56. The molecule has 2 unspecified atom stereocenters. The first-order valence-corrected chi connectivity index (χ1v) is 17.4. The highest BCUT2D eigenvalue weighted by molar-refractivity contribution is 7.94. The first-order chi connectivity index (χ1) is 20.3. The predicted molar refractivity (Wildman–Crippen MR) is 157 cm³/mol. The van der Waals surface area contributed by atoms with Gasteiger partial charge in [0, 0.05) is 41.3 Å². The third kappa shape index (κ3) is 6.66. The number of alkyl halides is 3. The SMILES string of the molecule is CC(C)n1c(-c2ncc(CN3CCC(CS(=O)[O-])C3)s2)cc2cccc(N(OC(=O)C(F)(F)F)S(=O)(=O)c3cccs3)c21. The Morgan fingerprint density at radius 2 is 2.05 bits per heavy atom. The summed E-state index contributed by atoms with van der Waals surface area (Å²) in [4.78, 5) is 24.2. The number of thiazole rings is 1. The minimum Gasteiger partial charge on any atom is -0.772 e. The molecule has 0 aliphatic carbocycles. The lowest BCUT2D eigenvalue weighted by Crippen LogP contribution is -2.38. The molecule has 2 atom stereocenters. The van der Waals surface area contributed by atoms with Gasteiger partial charge in [0.1, 0.15) is 14.9 Å². The first-order valence-electron chi connectivity index (χ1n) is 13.0. The molecule has 4 heterocycles. The standard InChI is InChI=1S/C26H27F3N4O6S4/c1-16(2)32-21(24-30-12-19(41-24)14-31-9-8-17(13-31)15-42(35)36)11-18-5-3-6-20(23(18)32)33(39-25(34)26(27,28)29)43(37,38)22-7-4-10-40-22/h3-7,10-12,16-17H,8-9,13-15H2,1-2H3,(H,35,36)/p-1. The number of likely N-dealkylation sites (tertiary alicyclic amines) is 1. The van der Waals surface area contributed by atoms with Crippen molar-refractivity contribution in [2.45, 2.75) is 43.2 Å². The fourth-order valence-electron chi connectivity index (χ4n) is 5.06. The third-order valence-electron chi connectivity index (χ3n) is 6.81. The highest BCUT2D eigenvalue weighted by atomic mass is 32.2. The maximum atomic E-state index is 13.5. The highest BCUT2D eigenvalue weighted by Crippen LogP contribution is 2.40. The highest BCUT2D eigenvalue weighted by Gasteiger charge is 2.45. The van der Waals surface area contributed by atoms with Gasteiger partial charge in [-0.3, -0.25) is 9.11 Å². The molecule has 0 saturated carbocycles. The van der Waals surface area contributed by atoms with E-state index in [4.69, 9.17) is 0 Å². The van der Waals surface area contributed by atoms with Crippen LogP contribution in [0.1, 0.15) is 31.2 Å². The van der Waals surface area contributed by atoms with E-state index < -0.39 is 33.2 Å². The number of thiophene rings is 1. The monoisotopic (exact) mass is 675 g/mol. The zero-order valence-electron chi connectivity index (χ0n) is 22.8. The van der Waals surface area contributed by atoms with Gasteiger partial charge in [-0.05, 0) is 56.3 Å². The van der Waals surface area contributed by atoms with E-state index >= 15 is 0 Å². The molecule has 1 fully saturated rings. The summed E-state index contributed by atoms with van der Waals surface area (Å²) in [5.74, 6) is -2.48. The smallest absolute Gasteiger partial charge is 0.493 e. The van der Waals surface area contributed by atoms with Crippen LogP contribution in [0.4, 0.5) is 18.9 Å². The fraction of sp³-hybridized carbons (Fsp3) is 0.385. The van der Waals surface area contributed by atoms with Gasteiger partial charge in [-0.1, -0.05) is 33.7 Å². The normalized spacial score (nSPS) is 17.1. The average molecular weight is 676 g/mol. The number of fused-ring (bicyclic) bond motifs is 1. The van der Waals surface area contributed by atoms with E-state index in [1.54, 1.807) is 22.9 Å². The van der Waals surface area contributed by atoms with Crippen LogP contribution in [0.5, 0.6) is 0 Å². The summed E-state index contributed by atoms with van der Waals surface area (Å²) in [6.45, 7) is 5.65. The Labute approximate surface area is 256 Å². The van der Waals surface area contributed by atoms with Crippen LogP contribution in [0.15, 0.2) is 52.2 Å². The number of aromatic nitrogens is 2. The zero-order chi connectivity index (χ0) is 31.1. The molecule has 1 aliphatic heterocycles. The van der Waals surface area contributed by atoms with Crippen LogP contribution in [-0.4, -0.2) is 62.6 Å². The number of rotatable bonds is 10. The van der Waals surface area contributed by atoms with Gasteiger partial charge in [0.15, 0.2) is 0 Å². The van der Waals surface area contributed by atoms with Crippen molar-refractivity contribution >= 4 is 66.3 Å². The van der Waals surface area contributed by atoms with Gasteiger partial charge in [-0.15, -0.1) is 22.7 Å². The van der Waals surface area contributed by atoms with Gasteiger partial charge in [0.05, 0.1) is 11.2 Å². The van der Waals surface area contributed by atoms with E-state index in [1.807, 2.05) is 13.8 Å². The number of benzene rings is 1. The van der Waals surface area contributed by atoms with Crippen LogP contribution in [0.25, 0.3) is 21.6 Å². The van der Waals surface area contributed by atoms with E-state index in [2.05, 4.69) is 14.7 Å². The number of nitrogens with zero attached hydrogens (tertiary/aromatic N) is 4. The zero-order valence-corrected chi connectivity index (χ0v) is 26.1. The molecule has 4 aromatic rings. The van der Waals surface area contributed by atoms with E-state index in [9.17, 15) is 35.1 Å². The number of para-hydroxylation sites is 1. The Morgan fingerprint density at radius 3 is 2.70 bits per heavy atom. The second-order valence-electron chi connectivity index (χ2n) is 10.2. The Hall–Kier alpha value is -2.83. The van der Waals surface area contributed by atoms with Crippen LogP contribution in [0.2, 0.25) is 0 Å². The summed E-state index contributed by atoms with van der Waals surface area (Å²) in [5.41, 5.74) is 0.580. The van der Waals surface area contributed by atoms with Crippen molar-refractivity contribution in [1.82, 2.24) is 14.5 Å². The number of halogens is 3. The molecule has 0 amide bonds. The number of hydrogen-bond donors (Lipinski definition) is 0. The van der Waals surface area contributed by atoms with Crippen LogP contribution in [0.3, 0.4) is 0 Å². The molecule has 43 heavy (non-hydrogen) atoms. The Morgan fingerprint density at radius 1 is 1.28 bits per heavy atom. The van der Waals surface area contributed by atoms with Crippen LogP contribution >= 0.6 is 22.7 Å². The summed E-state index contributed by atoms with van der Waals surface area (Å²) < 4.78 is 90.6. The largest absolute Gasteiger partial charge is 0.772 e. The second-order valence-corrected chi connectivity index (χ2v) is 15.2. The van der Waals surface area contributed by atoms with Crippen molar-refractivity contribution in [3.8, 4) is 10.7 Å². The predicted octanol–water partition coefficient (Wildman–Crippen LogP) is 5.32. The lowest BCUT2D eigenvalue weighted by molar-refractivity contribution is -0.199. The molecule has 0 spiro atoms. The van der Waals surface area contributed by atoms with E-state index in [1.165, 1.54) is 41.0 Å². The Kier molecular flexibility index (Phi) is 9.02. The first kappa shape index (κ1) is 31.6. The summed E-state index contributed by atoms with van der Waals surface area (Å²) in [5, 5.41) is 2.54. The Bertz CT molecular complexity index is 1750. The number of anilines is 1. The molecule has 0 radical (unpaired) electrons. The van der Waals surface area contributed by atoms with Crippen molar-refractivity contribution in [3.63, 3.8) is 0 Å². The lowest BCUT2D eigenvalue weighted by atomic mass is 10.2. The number of hydrogen-bond acceptors (Lipinski definition) is 10. The molecule has 10 nitrogen and oxygen atoms in total. The van der Waals surface area contributed by atoms with E-state index in [-0.39, 0.29) is 37.6 Å². The number of sulfonamides is 1. The minimum absolute atomic E-state index is 0.0473. The van der Waals surface area contributed by atoms with Gasteiger partial charge in [-0.2, -0.15) is 21.6 Å². The lowest BCUT2D eigenvalue weighted by Gasteiger charge is -2.24. The summed E-state index contributed by atoms with van der Waals surface area (Å²) in [6, 6.07) is 8.52. The third-order valence-corrected chi connectivity index (χ3v) is 11.5. The fourth-order valence-corrected chi connectivity index (χ4v) is 8.98. The van der Waals surface area contributed by atoms with Crippen molar-refractivity contribution in [3.05, 3.63) is 52.9 Å². The quantitative estimate of drug-likeness (QED) is 0.163. The average Bonchev–Trinajstić information content (AvgIpc) is 3.72. The van der Waals surface area contributed by atoms with Gasteiger partial charge < -0.3 is 14.0 Å². The minimum atomic E-state index is -5.44. The maximum absolute atomic E-state index is 13.5. The second kappa shape index (κ2) is 12.3. The van der Waals surface area contributed by atoms with Crippen LogP contribution < -0.4 is 4.47 Å². The van der Waals surface area contributed by atoms with Crippen LogP contribution in [-0.2, 0) is 37.3 Å². The van der Waals surface area contributed by atoms with Gasteiger partial charge >= 0.3 is 22.2 Å². The molecule has 0 bridgehead atoms. The van der Waals surface area contributed by atoms with Gasteiger partial charge in [-0.25, -0.2) is 9.78 Å². The number of carbonyl (C=O) groups excluding carboxylic acids is 1. The molecule has 17 heteroatoms. The van der Waals surface area contributed by atoms with Crippen molar-refractivity contribution in [1.29, 1.82) is 0 Å². The molecule has 1 saturated heterocycles. The van der Waals surface area contributed by atoms with E-state index in [0.717, 1.165) is 29.2 Å². The molecule has 232 valence electrons. The van der Waals surface area contributed by atoms with Gasteiger partial charge in [0.2, 0.25) is 0 Å². The molecule has 0 N–H and O–H groups in total. The molecule has 5 rings (SSSR count). The van der Waals surface area contributed by atoms with Crippen LogP contribution in [0, 0.1) is 5.92 Å². The summed E-state index contributed by atoms with van der Waals surface area (Å²) in [7, 11) is -4.74. The van der Waals surface area contributed by atoms with Crippen molar-refractivity contribution < 1.29 is 40.0 Å². The summed E-state index contributed by atoms with van der Waals surface area (Å²) in [6.07, 6.45) is -2.93. The molecule has 1 aromatic carbocycles. The molecular formula is C26H26F3N4O6S4-. The van der Waals surface area contributed by atoms with Crippen molar-refractivity contribution in [2.75, 3.05) is 23.3 Å². The maximum Gasteiger partial charge on any atom is 0.493 e. The van der Waals surface area contributed by atoms with E-state index in [0.29, 0.717) is 29.2 Å². The van der Waals surface area contributed by atoms with Gasteiger partial charge in [0.25, 0.3) is 0 Å². The molecule has 1 aliphatic rings. The van der Waals surface area contributed by atoms with Crippen molar-refractivity contribution in [2.24, 2.45) is 5.92 Å². The molecular weight excluding hydrogens is 650 g/mol. The summed E-state index contributed by atoms with van der Waals surface area (Å²) >= 11 is 0.0852. The topological polar surface area (TPSA) is 125 Å². The molecule has 3 aromatic heterocycles. The number of carbonyl (C=O) groups is 1.